The van der Waals surface area contributed by atoms with E-state index in [1.54, 1.807) is 0 Å². The zero-order valence-corrected chi connectivity index (χ0v) is 46.4. The molecule has 7 rings (SSSR count). The molecule has 0 unspecified atom stereocenters. The lowest BCUT2D eigenvalue weighted by Gasteiger charge is -2.41. The Labute approximate surface area is 473 Å². The van der Waals surface area contributed by atoms with Gasteiger partial charge in [0.2, 0.25) is 17.7 Å². The SMILES string of the molecule is CC(C)C[C@H](NC(=O)[C@@H](Cc1ccccc1)NC(=O)c1cnccn1)B1OB([C@H](CC(C)C)NC(=O)[C@@H](Cc2ccccc2)NC(=O)c2cnccn2)OB([C@H](CC(C)C)NC(=O)[C@@H](Cc2ccccc2)NC(=O)c2cnccn2)O1. The minimum absolute atomic E-state index is 0.0129. The van der Waals surface area contributed by atoms with Gasteiger partial charge in [-0.3, -0.25) is 43.7 Å². The van der Waals surface area contributed by atoms with Crippen LogP contribution in [-0.4, -0.2) is 123 Å². The van der Waals surface area contributed by atoms with Crippen molar-refractivity contribution in [2.45, 2.75) is 116 Å². The van der Waals surface area contributed by atoms with Gasteiger partial charge in [0.25, 0.3) is 17.7 Å². The molecule has 0 saturated carbocycles. The van der Waals surface area contributed by atoms with E-state index in [4.69, 9.17) is 13.7 Å². The molecule has 1 aliphatic heterocycles. The van der Waals surface area contributed by atoms with Crippen LogP contribution in [0.15, 0.2) is 147 Å². The summed E-state index contributed by atoms with van der Waals surface area (Å²) in [5, 5.41) is 18.0. The molecule has 0 spiro atoms. The van der Waals surface area contributed by atoms with Gasteiger partial charge < -0.3 is 45.6 Å². The molecule has 6 amide bonds. The summed E-state index contributed by atoms with van der Waals surface area (Å²) in [7, 11) is -3.92. The Morgan fingerprint density at radius 2 is 0.642 bits per heavy atom. The van der Waals surface area contributed by atoms with Crippen molar-refractivity contribution < 1.29 is 42.5 Å². The van der Waals surface area contributed by atoms with Gasteiger partial charge >= 0.3 is 21.4 Å². The lowest BCUT2D eigenvalue weighted by Crippen LogP contribution is -2.69. The fourth-order valence-corrected chi connectivity index (χ4v) is 9.27. The van der Waals surface area contributed by atoms with E-state index < -0.39 is 92.7 Å². The molecule has 6 N–H and O–H groups in total. The van der Waals surface area contributed by atoms with E-state index in [0.717, 1.165) is 16.7 Å². The van der Waals surface area contributed by atoms with Gasteiger partial charge in [-0.1, -0.05) is 133 Å². The first kappa shape index (κ1) is 60.4. The lowest BCUT2D eigenvalue weighted by atomic mass is 9.58. The summed E-state index contributed by atoms with van der Waals surface area (Å²) < 4.78 is 20.6. The van der Waals surface area contributed by atoms with Crippen molar-refractivity contribution in [1.29, 1.82) is 0 Å². The largest absolute Gasteiger partial charge is 0.453 e. The molecule has 0 bridgehead atoms. The Morgan fingerprint density at radius 3 is 0.864 bits per heavy atom. The molecular formula is C57H69B3N12O9. The number of carbonyl (C=O) groups excluding carboxylic acids is 6. The van der Waals surface area contributed by atoms with Crippen LogP contribution in [0.5, 0.6) is 0 Å². The average Bonchev–Trinajstić information content (AvgIpc) is 3.50. The van der Waals surface area contributed by atoms with Gasteiger partial charge in [0.05, 0.1) is 36.4 Å². The highest BCUT2D eigenvalue weighted by molar-refractivity contribution is 6.75. The van der Waals surface area contributed by atoms with Gasteiger partial charge in [0.15, 0.2) is 0 Å². The van der Waals surface area contributed by atoms with E-state index in [2.05, 4.69) is 61.8 Å². The molecule has 3 aromatic heterocycles. The van der Waals surface area contributed by atoms with Crippen LogP contribution in [0.2, 0.25) is 0 Å². The number of aromatic nitrogens is 6. The first-order valence-electron chi connectivity index (χ1n) is 27.3. The van der Waals surface area contributed by atoms with E-state index in [1.165, 1.54) is 55.8 Å². The second-order valence-electron chi connectivity index (χ2n) is 21.2. The first-order chi connectivity index (χ1) is 39.1. The van der Waals surface area contributed by atoms with Gasteiger partial charge in [-0.05, 0) is 53.7 Å². The highest BCUT2D eigenvalue weighted by atomic mass is 16.7. The number of hydrogen-bond donors (Lipinski definition) is 6. The number of hydrogen-bond acceptors (Lipinski definition) is 15. The molecule has 0 aliphatic carbocycles. The van der Waals surface area contributed by atoms with Crippen molar-refractivity contribution >= 4 is 56.8 Å². The fraction of sp³-hybridized carbons (Fsp3) is 0.368. The molecule has 1 fully saturated rings. The van der Waals surface area contributed by atoms with E-state index in [1.807, 2.05) is 133 Å². The first-order valence-corrected chi connectivity index (χ1v) is 27.3. The average molecular weight is 1100 g/mol. The molecule has 24 heteroatoms. The Balaban J connectivity index is 1.25. The molecule has 4 heterocycles. The summed E-state index contributed by atoms with van der Waals surface area (Å²) >= 11 is 0. The monoisotopic (exact) mass is 1100 g/mol. The van der Waals surface area contributed by atoms with E-state index >= 15 is 0 Å². The van der Waals surface area contributed by atoms with Crippen molar-refractivity contribution in [3.8, 4) is 0 Å². The van der Waals surface area contributed by atoms with Crippen LogP contribution in [0.1, 0.15) is 109 Å². The molecule has 21 nitrogen and oxygen atoms in total. The Hall–Kier alpha value is -8.21. The minimum atomic E-state index is -1.31. The summed E-state index contributed by atoms with van der Waals surface area (Å²) in [5.41, 5.74) is 2.35. The van der Waals surface area contributed by atoms with Crippen molar-refractivity contribution in [1.82, 2.24) is 61.8 Å². The third kappa shape index (κ3) is 19.0. The molecule has 0 radical (unpaired) electrons. The van der Waals surface area contributed by atoms with Crippen molar-refractivity contribution in [3.05, 3.63) is 181 Å². The number of rotatable bonds is 27. The smallest absolute Gasteiger partial charge is 0.450 e. The van der Waals surface area contributed by atoms with E-state index in [0.29, 0.717) is 0 Å². The fourth-order valence-electron chi connectivity index (χ4n) is 9.27. The lowest BCUT2D eigenvalue weighted by molar-refractivity contribution is -0.124. The van der Waals surface area contributed by atoms with Crippen LogP contribution in [0.4, 0.5) is 0 Å². The van der Waals surface area contributed by atoms with Gasteiger partial charge in [-0.15, -0.1) is 0 Å². The second kappa shape index (κ2) is 30.4. The molecular weight excluding hydrogens is 1030 g/mol. The molecule has 81 heavy (non-hydrogen) atoms. The molecule has 6 atom stereocenters. The molecule has 1 saturated heterocycles. The summed E-state index contributed by atoms with van der Waals surface area (Å²) in [6, 6.07) is 24.3. The van der Waals surface area contributed by atoms with Crippen LogP contribution in [-0.2, 0) is 47.4 Å². The highest BCUT2D eigenvalue weighted by Gasteiger charge is 2.52. The minimum Gasteiger partial charge on any atom is -0.450 e. The summed E-state index contributed by atoms with van der Waals surface area (Å²) in [6.07, 6.45) is 13.6. The summed E-state index contributed by atoms with van der Waals surface area (Å²) in [5.74, 6) is -6.54. The number of nitrogens with one attached hydrogen (secondary N) is 6. The summed E-state index contributed by atoms with van der Waals surface area (Å²) in [6.45, 7) is 11.8. The number of nitrogens with zero attached hydrogens (tertiary/aromatic N) is 6. The van der Waals surface area contributed by atoms with Crippen molar-refractivity contribution in [2.24, 2.45) is 17.8 Å². The second-order valence-corrected chi connectivity index (χ2v) is 21.2. The molecule has 3 aromatic carbocycles. The third-order valence-corrected chi connectivity index (χ3v) is 13.1. The van der Waals surface area contributed by atoms with Crippen molar-refractivity contribution in [2.75, 3.05) is 0 Å². The Kier molecular flexibility index (Phi) is 22.7. The zero-order chi connectivity index (χ0) is 57.7. The van der Waals surface area contributed by atoms with Crippen LogP contribution < -0.4 is 31.9 Å². The van der Waals surface area contributed by atoms with Crippen LogP contribution in [0.3, 0.4) is 0 Å². The quantitative estimate of drug-likeness (QED) is 0.0394. The van der Waals surface area contributed by atoms with Crippen LogP contribution in [0.25, 0.3) is 0 Å². The van der Waals surface area contributed by atoms with Crippen LogP contribution >= 0.6 is 0 Å². The van der Waals surface area contributed by atoms with Crippen molar-refractivity contribution in [3.63, 3.8) is 0 Å². The normalized spacial score (nSPS) is 14.7. The maximum Gasteiger partial charge on any atom is 0.453 e. The zero-order valence-electron chi connectivity index (χ0n) is 46.4. The standard InChI is InChI=1S/C57H69B3N12O9/c1-37(2)28-49(70-52(73)43(31-40-16-10-7-11-17-40)67-55(76)46-34-61-22-25-64-46)58-79-59(50(29-38(3)4)71-53(74)44(32-41-18-12-8-13-19-41)68-56(77)47-35-62-23-26-65-47)81-60(80-58)51(30-39(5)6)72-54(75)45(33-42-20-14-9-15-21-42)69-57(78)48-36-63-24-27-66-48/h7-27,34-39,43-45,49-51H,28-33H2,1-6H3,(H,67,76)(H,68,77)(H,69,78)(H,70,73)(H,71,74)(H,72,75)/t43-,44-,45-,49+,50+,51+/m1/s1. The topological polar surface area (TPSA) is 280 Å². The number of carbonyl (C=O) groups is 6. The maximum atomic E-state index is 14.9. The van der Waals surface area contributed by atoms with Gasteiger partial charge in [-0.25, -0.2) is 15.0 Å². The molecule has 6 aromatic rings. The predicted octanol–water partition coefficient (Wildman–Crippen LogP) is 4.22. The Morgan fingerprint density at radius 1 is 0.383 bits per heavy atom. The highest BCUT2D eigenvalue weighted by Crippen LogP contribution is 2.25. The third-order valence-electron chi connectivity index (χ3n) is 13.1. The molecule has 420 valence electrons. The summed E-state index contributed by atoms with van der Waals surface area (Å²) in [4.78, 5) is 110. The van der Waals surface area contributed by atoms with E-state index in [-0.39, 0.29) is 73.4 Å². The molecule has 1 aliphatic rings. The van der Waals surface area contributed by atoms with Gasteiger partial charge in [0.1, 0.15) is 35.2 Å². The predicted molar refractivity (Wildman–Crippen MR) is 305 cm³/mol. The van der Waals surface area contributed by atoms with Crippen LogP contribution in [0, 0.1) is 17.8 Å². The maximum absolute atomic E-state index is 14.9. The van der Waals surface area contributed by atoms with E-state index in [9.17, 15) is 28.8 Å². The number of benzene rings is 3. The van der Waals surface area contributed by atoms with Gasteiger partial charge in [-0.2, -0.15) is 0 Å². The Bertz CT molecular complexity index is 2630. The number of amides is 6. The van der Waals surface area contributed by atoms with Gasteiger partial charge in [0, 0.05) is 56.4 Å².